The number of nitrogens with zero attached hydrogens (tertiary/aromatic N) is 4. The summed E-state index contributed by atoms with van der Waals surface area (Å²) in [7, 11) is -2.56. The molecule has 13 heteroatoms. The summed E-state index contributed by atoms with van der Waals surface area (Å²) in [5.41, 5.74) is 0.414. The fourth-order valence-corrected chi connectivity index (χ4v) is 4.50. The van der Waals surface area contributed by atoms with Crippen LogP contribution >= 0.6 is 23.1 Å². The van der Waals surface area contributed by atoms with Crippen LogP contribution in [0.15, 0.2) is 29.2 Å². The molecule has 2 aromatic heterocycles. The summed E-state index contributed by atoms with van der Waals surface area (Å²) < 4.78 is 39.8. The molecule has 3 rings (SSSR count). The van der Waals surface area contributed by atoms with Gasteiger partial charge in [-0.2, -0.15) is 14.9 Å². The van der Waals surface area contributed by atoms with Crippen molar-refractivity contribution >= 4 is 49.6 Å². The Balaban J connectivity index is 1.82. The summed E-state index contributed by atoms with van der Waals surface area (Å²) in [6.07, 6.45) is 0. The van der Waals surface area contributed by atoms with Gasteiger partial charge in [-0.3, -0.25) is 4.72 Å². The van der Waals surface area contributed by atoms with Gasteiger partial charge in [0.2, 0.25) is 5.82 Å². The molecule has 0 saturated carbocycles. The van der Waals surface area contributed by atoms with E-state index in [2.05, 4.69) is 18.8 Å². The number of anilines is 3. The Labute approximate surface area is 167 Å². The summed E-state index contributed by atoms with van der Waals surface area (Å²) in [4.78, 5) is -0.0198. The lowest BCUT2D eigenvalue weighted by Crippen LogP contribution is -2.13. The van der Waals surface area contributed by atoms with Gasteiger partial charge >= 0.3 is 0 Å². The first-order valence-electron chi connectivity index (χ1n) is 7.32. The minimum absolute atomic E-state index is 0.00766. The largest absolute Gasteiger partial charge is 0.504 e. The lowest BCUT2D eigenvalue weighted by atomic mass is 10.2. The number of hydrogen-bond acceptors (Lipinski definition) is 11. The van der Waals surface area contributed by atoms with Gasteiger partial charge in [0.05, 0.1) is 23.7 Å². The second-order valence-electron chi connectivity index (χ2n) is 5.08. The van der Waals surface area contributed by atoms with E-state index in [0.717, 1.165) is 23.1 Å². The van der Waals surface area contributed by atoms with Crippen molar-refractivity contribution in [3.8, 4) is 23.8 Å². The molecule has 3 N–H and O–H groups in total. The molecule has 142 valence electrons. The molecule has 0 amide bonds. The van der Waals surface area contributed by atoms with Crippen molar-refractivity contribution in [2.24, 2.45) is 0 Å². The summed E-state index contributed by atoms with van der Waals surface area (Å²) >= 11 is 1.73. The monoisotopic (exact) mass is 434 g/mol. The first kappa shape index (κ1) is 19.4. The Morgan fingerprint density at radius 1 is 1.18 bits per heavy atom. The van der Waals surface area contributed by atoms with E-state index in [1.54, 1.807) is 6.07 Å². The number of sulfonamides is 1. The Morgan fingerprint density at radius 2 is 1.89 bits per heavy atom. The van der Waals surface area contributed by atoms with Gasteiger partial charge in [-0.25, -0.2) is 8.42 Å². The molecule has 0 aliphatic heterocycles. The molecule has 0 aliphatic rings. The molecular weight excluding hydrogens is 424 g/mol. The lowest BCUT2D eigenvalue weighted by molar-refractivity contribution is 0.404. The van der Waals surface area contributed by atoms with E-state index in [1.165, 1.54) is 31.4 Å². The van der Waals surface area contributed by atoms with Gasteiger partial charge in [-0.15, -0.1) is 15.7 Å². The van der Waals surface area contributed by atoms with Crippen LogP contribution in [0.4, 0.5) is 16.5 Å². The Hall–Kier alpha value is -3.39. The number of benzene rings is 1. The van der Waals surface area contributed by atoms with Gasteiger partial charge in [0.15, 0.2) is 5.75 Å². The molecule has 2 heterocycles. The molecule has 0 atom stereocenters. The highest BCUT2D eigenvalue weighted by atomic mass is 32.2. The third kappa shape index (κ3) is 3.67. The van der Waals surface area contributed by atoms with Gasteiger partial charge in [0, 0.05) is 5.69 Å². The second kappa shape index (κ2) is 7.69. The van der Waals surface area contributed by atoms with Gasteiger partial charge in [0.25, 0.3) is 15.9 Å². The molecule has 0 saturated heterocycles. The SMILES string of the molecule is COc1nsnc1NS(=O)(=O)c1ccc(Nc2sc(C#N)c(O)c2C#N)cc1. The van der Waals surface area contributed by atoms with Crippen LogP contribution in [0.3, 0.4) is 0 Å². The highest BCUT2D eigenvalue weighted by Crippen LogP contribution is 2.39. The second-order valence-corrected chi connectivity index (χ2v) is 8.32. The number of ether oxygens (including phenoxy) is 1. The summed E-state index contributed by atoms with van der Waals surface area (Å²) in [6, 6.07) is 9.29. The molecule has 1 aromatic carbocycles. The average molecular weight is 434 g/mol. The van der Waals surface area contributed by atoms with Crippen LogP contribution in [0.2, 0.25) is 0 Å². The Morgan fingerprint density at radius 3 is 2.50 bits per heavy atom. The Kier molecular flexibility index (Phi) is 5.32. The van der Waals surface area contributed by atoms with E-state index >= 15 is 0 Å². The highest BCUT2D eigenvalue weighted by molar-refractivity contribution is 7.92. The minimum atomic E-state index is -3.91. The van der Waals surface area contributed by atoms with E-state index < -0.39 is 10.0 Å². The van der Waals surface area contributed by atoms with Crippen molar-refractivity contribution in [3.63, 3.8) is 0 Å². The number of nitrogens with one attached hydrogen (secondary N) is 2. The van der Waals surface area contributed by atoms with Crippen LogP contribution in [-0.4, -0.2) is 29.4 Å². The van der Waals surface area contributed by atoms with Crippen LogP contribution in [-0.2, 0) is 10.0 Å². The lowest BCUT2D eigenvalue weighted by Gasteiger charge is -2.08. The molecule has 3 aromatic rings. The third-order valence-electron chi connectivity index (χ3n) is 3.40. The minimum Gasteiger partial charge on any atom is -0.504 e. The van der Waals surface area contributed by atoms with E-state index in [0.29, 0.717) is 5.69 Å². The van der Waals surface area contributed by atoms with Crippen LogP contribution in [0.1, 0.15) is 10.4 Å². The van der Waals surface area contributed by atoms with Gasteiger partial charge in [-0.05, 0) is 24.3 Å². The zero-order valence-electron chi connectivity index (χ0n) is 14.0. The number of nitriles is 2. The van der Waals surface area contributed by atoms with Crippen molar-refractivity contribution in [2.45, 2.75) is 4.90 Å². The molecule has 0 bridgehead atoms. The maximum absolute atomic E-state index is 12.5. The normalized spacial score (nSPS) is 10.7. The fraction of sp³-hybridized carbons (Fsp3) is 0.0667. The summed E-state index contributed by atoms with van der Waals surface area (Å²) in [6.45, 7) is 0. The zero-order chi connectivity index (χ0) is 20.3. The van der Waals surface area contributed by atoms with Crippen molar-refractivity contribution in [3.05, 3.63) is 34.7 Å². The van der Waals surface area contributed by atoms with Crippen LogP contribution in [0, 0.1) is 22.7 Å². The molecule has 0 aliphatic carbocycles. The van der Waals surface area contributed by atoms with Crippen LogP contribution in [0.5, 0.6) is 11.6 Å². The van der Waals surface area contributed by atoms with Crippen molar-refractivity contribution < 1.29 is 18.3 Å². The topological polar surface area (TPSA) is 161 Å². The molecule has 28 heavy (non-hydrogen) atoms. The average Bonchev–Trinajstić information content (AvgIpc) is 3.24. The number of aromatic hydroxyl groups is 1. The highest BCUT2D eigenvalue weighted by Gasteiger charge is 2.20. The molecule has 10 nitrogen and oxygen atoms in total. The van der Waals surface area contributed by atoms with Gasteiger partial charge < -0.3 is 15.2 Å². The van der Waals surface area contributed by atoms with E-state index in [4.69, 9.17) is 15.3 Å². The van der Waals surface area contributed by atoms with E-state index in [1.807, 2.05) is 6.07 Å². The van der Waals surface area contributed by atoms with Crippen molar-refractivity contribution in [2.75, 3.05) is 17.1 Å². The summed E-state index contributed by atoms with van der Waals surface area (Å²) in [5, 5.41) is 31.1. The quantitative estimate of drug-likeness (QED) is 0.529. The number of methoxy groups -OCH3 is 1. The van der Waals surface area contributed by atoms with Crippen LogP contribution < -0.4 is 14.8 Å². The third-order valence-corrected chi connectivity index (χ3v) is 6.27. The molecule has 0 radical (unpaired) electrons. The Bertz CT molecular complexity index is 1200. The maximum Gasteiger partial charge on any atom is 0.271 e. The van der Waals surface area contributed by atoms with Crippen molar-refractivity contribution in [1.29, 1.82) is 10.5 Å². The number of aromatic nitrogens is 2. The predicted molar refractivity (Wildman–Crippen MR) is 102 cm³/mol. The first-order chi connectivity index (χ1) is 13.4. The van der Waals surface area contributed by atoms with E-state index in [-0.39, 0.29) is 37.8 Å². The van der Waals surface area contributed by atoms with Crippen molar-refractivity contribution in [1.82, 2.24) is 8.75 Å². The molecular formula is C15H10N6O4S3. The number of thiophene rings is 1. The number of rotatable bonds is 6. The molecule has 0 unspecified atom stereocenters. The smallest absolute Gasteiger partial charge is 0.271 e. The first-order valence-corrected chi connectivity index (χ1v) is 10.3. The molecule has 0 fully saturated rings. The van der Waals surface area contributed by atoms with Gasteiger partial charge in [0.1, 0.15) is 27.6 Å². The van der Waals surface area contributed by atoms with Crippen LogP contribution in [0.25, 0.3) is 0 Å². The number of hydrogen-bond donors (Lipinski definition) is 3. The molecule has 0 spiro atoms. The maximum atomic E-state index is 12.5. The van der Waals surface area contributed by atoms with E-state index in [9.17, 15) is 13.5 Å². The summed E-state index contributed by atoms with van der Waals surface area (Å²) in [5.74, 6) is -0.320. The van der Waals surface area contributed by atoms with Gasteiger partial charge in [-0.1, -0.05) is 0 Å². The zero-order valence-corrected chi connectivity index (χ0v) is 16.4. The fourth-order valence-electron chi connectivity index (χ4n) is 2.10. The standard InChI is InChI=1S/C15H10N6O4S3/c1-25-14-13(19-27-20-14)21-28(23,24)9-4-2-8(3-5-9)18-15-10(6-16)12(22)11(7-17)26-15/h2-5,18,22H,1H3,(H,19,21). The predicted octanol–water partition coefficient (Wildman–Crippen LogP) is 2.60.